The monoisotopic (exact) mass is 212 g/mol. The zero-order chi connectivity index (χ0) is 10.8. The lowest BCUT2D eigenvalue weighted by Crippen LogP contribution is -2.41. The lowest BCUT2D eigenvalue weighted by molar-refractivity contribution is -0.195. The van der Waals surface area contributed by atoms with E-state index in [9.17, 15) is 18.3 Å². The Hall–Kier alpha value is -0.290. The number of methoxy groups -OCH3 is 1. The molecule has 0 spiro atoms. The predicted octanol–water partition coefficient (Wildman–Crippen LogP) is 2.12. The molecule has 0 aromatic rings. The standard InChI is InChI=1S/C9H15F3O2/c1-14-6-8(13)4-2-7(3-5-8)9(10,11)12/h7,13H,2-6H2,1H3. The van der Waals surface area contributed by atoms with Crippen LogP contribution in [0.2, 0.25) is 0 Å². The molecule has 0 aromatic heterocycles. The molecule has 84 valence electrons. The Morgan fingerprint density at radius 1 is 1.36 bits per heavy atom. The quantitative estimate of drug-likeness (QED) is 0.759. The van der Waals surface area contributed by atoms with Crippen molar-refractivity contribution in [2.75, 3.05) is 13.7 Å². The predicted molar refractivity (Wildman–Crippen MR) is 44.8 cm³/mol. The maximum atomic E-state index is 12.3. The second-order valence-corrected chi connectivity index (χ2v) is 3.97. The Bertz CT molecular complexity index is 183. The molecular weight excluding hydrogens is 197 g/mol. The molecule has 0 saturated heterocycles. The fourth-order valence-corrected chi connectivity index (χ4v) is 1.90. The minimum Gasteiger partial charge on any atom is -0.387 e. The molecule has 1 rings (SSSR count). The van der Waals surface area contributed by atoms with E-state index in [4.69, 9.17) is 4.74 Å². The molecule has 0 unspecified atom stereocenters. The van der Waals surface area contributed by atoms with Crippen LogP contribution in [0.4, 0.5) is 13.2 Å². The highest BCUT2D eigenvalue weighted by Gasteiger charge is 2.45. The minimum absolute atomic E-state index is 0.00333. The van der Waals surface area contributed by atoms with Gasteiger partial charge in [0.25, 0.3) is 0 Å². The number of hydrogen-bond acceptors (Lipinski definition) is 2. The van der Waals surface area contributed by atoms with Crippen LogP contribution in [0.15, 0.2) is 0 Å². The van der Waals surface area contributed by atoms with Crippen molar-refractivity contribution in [3.8, 4) is 0 Å². The van der Waals surface area contributed by atoms with E-state index in [0.717, 1.165) is 0 Å². The Labute approximate surface area is 81.1 Å². The first-order valence-electron chi connectivity index (χ1n) is 4.65. The molecule has 1 aliphatic carbocycles. The molecule has 0 aliphatic heterocycles. The molecule has 0 aromatic carbocycles. The first kappa shape index (κ1) is 11.8. The summed E-state index contributed by atoms with van der Waals surface area (Å²) in [7, 11) is 1.44. The molecule has 0 radical (unpaired) electrons. The van der Waals surface area contributed by atoms with Gasteiger partial charge in [0.1, 0.15) is 0 Å². The number of halogens is 3. The van der Waals surface area contributed by atoms with Crippen molar-refractivity contribution < 1.29 is 23.0 Å². The lowest BCUT2D eigenvalue weighted by atomic mass is 9.79. The van der Waals surface area contributed by atoms with Crippen LogP contribution in [-0.2, 0) is 4.74 Å². The molecule has 1 saturated carbocycles. The lowest BCUT2D eigenvalue weighted by Gasteiger charge is -2.36. The van der Waals surface area contributed by atoms with E-state index in [1.54, 1.807) is 0 Å². The number of ether oxygens (including phenoxy) is 1. The SMILES string of the molecule is COCC1(O)CCC(C(F)(F)F)CC1. The van der Waals surface area contributed by atoms with Gasteiger partial charge in [0.05, 0.1) is 18.1 Å². The second kappa shape index (κ2) is 4.06. The van der Waals surface area contributed by atoms with Crippen LogP contribution in [-0.4, -0.2) is 30.6 Å². The van der Waals surface area contributed by atoms with Crippen LogP contribution in [0.3, 0.4) is 0 Å². The fraction of sp³-hybridized carbons (Fsp3) is 1.00. The van der Waals surface area contributed by atoms with E-state index in [1.807, 2.05) is 0 Å². The van der Waals surface area contributed by atoms with E-state index in [1.165, 1.54) is 7.11 Å². The van der Waals surface area contributed by atoms with Crippen LogP contribution >= 0.6 is 0 Å². The van der Waals surface area contributed by atoms with Gasteiger partial charge in [-0.25, -0.2) is 0 Å². The van der Waals surface area contributed by atoms with E-state index >= 15 is 0 Å². The summed E-state index contributed by atoms with van der Waals surface area (Å²) >= 11 is 0. The summed E-state index contributed by atoms with van der Waals surface area (Å²) in [5.74, 6) is -1.25. The average molecular weight is 212 g/mol. The number of hydrogen-bond donors (Lipinski definition) is 1. The fourth-order valence-electron chi connectivity index (χ4n) is 1.90. The first-order chi connectivity index (χ1) is 6.37. The van der Waals surface area contributed by atoms with Crippen LogP contribution in [0.1, 0.15) is 25.7 Å². The van der Waals surface area contributed by atoms with Gasteiger partial charge in [-0.15, -0.1) is 0 Å². The van der Waals surface area contributed by atoms with Gasteiger partial charge < -0.3 is 9.84 Å². The van der Waals surface area contributed by atoms with Gasteiger partial charge in [0.2, 0.25) is 0 Å². The first-order valence-corrected chi connectivity index (χ1v) is 4.65. The molecular formula is C9H15F3O2. The number of rotatable bonds is 2. The van der Waals surface area contributed by atoms with E-state index < -0.39 is 17.7 Å². The molecule has 0 atom stereocenters. The molecule has 14 heavy (non-hydrogen) atoms. The molecule has 0 amide bonds. The van der Waals surface area contributed by atoms with E-state index in [-0.39, 0.29) is 32.3 Å². The normalized spacial score (nSPS) is 34.5. The van der Waals surface area contributed by atoms with Crippen molar-refractivity contribution in [3.05, 3.63) is 0 Å². The van der Waals surface area contributed by atoms with Crippen LogP contribution < -0.4 is 0 Å². The third-order valence-corrected chi connectivity index (χ3v) is 2.79. The smallest absolute Gasteiger partial charge is 0.387 e. The van der Waals surface area contributed by atoms with Gasteiger partial charge in [-0.05, 0) is 25.7 Å². The minimum atomic E-state index is -4.12. The van der Waals surface area contributed by atoms with Gasteiger partial charge >= 0.3 is 6.18 Å². The van der Waals surface area contributed by atoms with Crippen molar-refractivity contribution in [1.82, 2.24) is 0 Å². The summed E-state index contributed by atoms with van der Waals surface area (Å²) in [5.41, 5.74) is -1.05. The third kappa shape index (κ3) is 2.85. The van der Waals surface area contributed by atoms with Crippen molar-refractivity contribution >= 4 is 0 Å². The summed E-state index contributed by atoms with van der Waals surface area (Å²) in [6.07, 6.45) is -3.77. The summed E-state index contributed by atoms with van der Waals surface area (Å²) in [5, 5.41) is 9.76. The van der Waals surface area contributed by atoms with Crippen LogP contribution in [0.5, 0.6) is 0 Å². The van der Waals surface area contributed by atoms with E-state index in [0.29, 0.717) is 0 Å². The largest absolute Gasteiger partial charge is 0.391 e. The third-order valence-electron chi connectivity index (χ3n) is 2.79. The highest BCUT2D eigenvalue weighted by atomic mass is 19.4. The highest BCUT2D eigenvalue weighted by Crippen LogP contribution is 2.40. The van der Waals surface area contributed by atoms with Crippen molar-refractivity contribution in [3.63, 3.8) is 0 Å². The highest BCUT2D eigenvalue weighted by molar-refractivity contribution is 4.87. The van der Waals surface area contributed by atoms with Crippen molar-refractivity contribution in [2.24, 2.45) is 5.92 Å². The Morgan fingerprint density at radius 2 is 1.86 bits per heavy atom. The Balaban J connectivity index is 2.45. The molecule has 0 heterocycles. The molecule has 2 nitrogen and oxygen atoms in total. The summed E-state index contributed by atoms with van der Waals surface area (Å²) in [4.78, 5) is 0. The van der Waals surface area contributed by atoms with Crippen LogP contribution in [0, 0.1) is 5.92 Å². The summed E-state index contributed by atoms with van der Waals surface area (Å²) < 4.78 is 41.6. The molecule has 1 fully saturated rings. The number of aliphatic hydroxyl groups is 1. The van der Waals surface area contributed by atoms with Gasteiger partial charge in [-0.2, -0.15) is 13.2 Å². The zero-order valence-corrected chi connectivity index (χ0v) is 8.10. The van der Waals surface area contributed by atoms with Gasteiger partial charge in [0, 0.05) is 7.11 Å². The molecule has 5 heteroatoms. The zero-order valence-electron chi connectivity index (χ0n) is 8.10. The van der Waals surface area contributed by atoms with Gasteiger partial charge in [-0.1, -0.05) is 0 Å². The van der Waals surface area contributed by atoms with Gasteiger partial charge in [0.15, 0.2) is 0 Å². The maximum absolute atomic E-state index is 12.3. The van der Waals surface area contributed by atoms with Crippen molar-refractivity contribution in [2.45, 2.75) is 37.5 Å². The van der Waals surface area contributed by atoms with Crippen molar-refractivity contribution in [1.29, 1.82) is 0 Å². The topological polar surface area (TPSA) is 29.5 Å². The molecule has 1 aliphatic rings. The van der Waals surface area contributed by atoms with Crippen LogP contribution in [0.25, 0.3) is 0 Å². The molecule has 1 N–H and O–H groups in total. The summed E-state index contributed by atoms with van der Waals surface area (Å²) in [6, 6.07) is 0. The second-order valence-electron chi connectivity index (χ2n) is 3.97. The number of alkyl halides is 3. The van der Waals surface area contributed by atoms with Gasteiger partial charge in [-0.3, -0.25) is 0 Å². The Kier molecular flexibility index (Phi) is 3.42. The average Bonchev–Trinajstić information content (AvgIpc) is 2.03. The van der Waals surface area contributed by atoms with E-state index in [2.05, 4.69) is 0 Å². The molecule has 0 bridgehead atoms. The maximum Gasteiger partial charge on any atom is 0.391 e. The Morgan fingerprint density at radius 3 is 2.21 bits per heavy atom. The summed E-state index contributed by atoms with van der Waals surface area (Å²) in [6.45, 7) is 0.123.